The van der Waals surface area contributed by atoms with Crippen molar-refractivity contribution >= 4 is 17.5 Å². The zero-order valence-electron chi connectivity index (χ0n) is 13.8. The molecule has 2 amide bonds. The molecule has 2 atom stereocenters. The van der Waals surface area contributed by atoms with E-state index in [9.17, 15) is 9.59 Å². The molecule has 0 aliphatic carbocycles. The molecule has 3 rings (SSSR count). The third kappa shape index (κ3) is 3.65. The number of carbonyl (C=O) groups is 2. The van der Waals surface area contributed by atoms with Gasteiger partial charge < -0.3 is 10.2 Å². The fraction of sp³-hybridized carbons (Fsp3) is 0.300. The van der Waals surface area contributed by atoms with Crippen molar-refractivity contribution in [2.24, 2.45) is 5.92 Å². The number of benzene rings is 2. The normalized spacial score (nSPS) is 18.5. The lowest BCUT2D eigenvalue weighted by Gasteiger charge is -2.17. The molecule has 4 heteroatoms. The lowest BCUT2D eigenvalue weighted by Crippen LogP contribution is -2.35. The molecule has 1 N–H and O–H groups in total. The largest absolute Gasteiger partial charge is 0.355 e. The first kappa shape index (κ1) is 16.2. The average molecular weight is 322 g/mol. The van der Waals surface area contributed by atoms with Crippen molar-refractivity contribution in [2.75, 3.05) is 18.0 Å². The molecule has 0 aromatic heterocycles. The first-order valence-corrected chi connectivity index (χ1v) is 8.33. The van der Waals surface area contributed by atoms with E-state index < -0.39 is 0 Å². The summed E-state index contributed by atoms with van der Waals surface area (Å²) in [5.74, 6) is -0.0554. The lowest BCUT2D eigenvalue weighted by atomic mass is 10.0. The summed E-state index contributed by atoms with van der Waals surface area (Å²) in [7, 11) is 0. The van der Waals surface area contributed by atoms with Gasteiger partial charge in [-0.25, -0.2) is 0 Å². The van der Waals surface area contributed by atoms with Crippen LogP contribution in [0.1, 0.15) is 24.8 Å². The fourth-order valence-corrected chi connectivity index (χ4v) is 3.04. The number of anilines is 1. The summed E-state index contributed by atoms with van der Waals surface area (Å²) >= 11 is 0. The molecule has 0 unspecified atom stereocenters. The third-order valence-corrected chi connectivity index (χ3v) is 4.51. The molecule has 2 aromatic rings. The molecule has 0 spiro atoms. The second-order valence-corrected chi connectivity index (χ2v) is 6.30. The predicted octanol–water partition coefficient (Wildman–Crippen LogP) is 2.96. The van der Waals surface area contributed by atoms with Crippen LogP contribution in [0.2, 0.25) is 0 Å². The minimum atomic E-state index is -0.277. The van der Waals surface area contributed by atoms with E-state index in [2.05, 4.69) is 24.4 Å². The quantitative estimate of drug-likeness (QED) is 0.920. The molecule has 24 heavy (non-hydrogen) atoms. The van der Waals surface area contributed by atoms with Gasteiger partial charge in [0.2, 0.25) is 11.8 Å². The number of carbonyl (C=O) groups excluding carboxylic acids is 2. The molecule has 1 aliphatic heterocycles. The Labute approximate surface area is 142 Å². The maximum absolute atomic E-state index is 12.4. The molecule has 4 nitrogen and oxygen atoms in total. The van der Waals surface area contributed by atoms with Gasteiger partial charge >= 0.3 is 0 Å². The van der Waals surface area contributed by atoms with E-state index >= 15 is 0 Å². The molecule has 1 saturated heterocycles. The Hall–Kier alpha value is -2.62. The predicted molar refractivity (Wildman–Crippen MR) is 94.8 cm³/mol. The van der Waals surface area contributed by atoms with Gasteiger partial charge in [-0.05, 0) is 23.6 Å². The average Bonchev–Trinajstić information content (AvgIpc) is 3.02. The van der Waals surface area contributed by atoms with Crippen LogP contribution in [0.3, 0.4) is 0 Å². The van der Waals surface area contributed by atoms with Crippen molar-refractivity contribution in [1.29, 1.82) is 0 Å². The van der Waals surface area contributed by atoms with Crippen LogP contribution in [0.25, 0.3) is 0 Å². The molecule has 1 fully saturated rings. The van der Waals surface area contributed by atoms with E-state index in [0.717, 1.165) is 5.69 Å². The summed E-state index contributed by atoms with van der Waals surface area (Å²) in [5.41, 5.74) is 2.06. The molecule has 2 aromatic carbocycles. The Balaban J connectivity index is 1.56. The minimum absolute atomic E-state index is 0.0115. The lowest BCUT2D eigenvalue weighted by molar-refractivity contribution is -0.126. The summed E-state index contributed by atoms with van der Waals surface area (Å²) in [4.78, 5) is 26.3. The topological polar surface area (TPSA) is 49.4 Å². The van der Waals surface area contributed by atoms with Gasteiger partial charge in [-0.2, -0.15) is 0 Å². The molecular formula is C20H22N2O2. The first-order chi connectivity index (χ1) is 11.6. The van der Waals surface area contributed by atoms with Gasteiger partial charge in [0.15, 0.2) is 0 Å². The van der Waals surface area contributed by atoms with E-state index in [1.54, 1.807) is 4.90 Å². The van der Waals surface area contributed by atoms with E-state index in [1.807, 2.05) is 48.5 Å². The van der Waals surface area contributed by atoms with E-state index in [-0.39, 0.29) is 30.1 Å². The van der Waals surface area contributed by atoms with Crippen molar-refractivity contribution in [3.05, 3.63) is 66.2 Å². The van der Waals surface area contributed by atoms with Crippen LogP contribution in [0, 0.1) is 5.92 Å². The molecule has 0 bridgehead atoms. The summed E-state index contributed by atoms with van der Waals surface area (Å²) in [6.45, 7) is 3.12. The van der Waals surface area contributed by atoms with E-state index in [0.29, 0.717) is 13.1 Å². The smallest absolute Gasteiger partial charge is 0.227 e. The van der Waals surface area contributed by atoms with E-state index in [1.165, 1.54) is 5.56 Å². The Kier molecular flexibility index (Phi) is 4.94. The van der Waals surface area contributed by atoms with Gasteiger partial charge in [-0.15, -0.1) is 0 Å². The van der Waals surface area contributed by atoms with E-state index in [4.69, 9.17) is 0 Å². The Morgan fingerprint density at radius 3 is 2.42 bits per heavy atom. The van der Waals surface area contributed by atoms with Crippen LogP contribution in [0.4, 0.5) is 5.69 Å². The number of nitrogens with zero attached hydrogens (tertiary/aromatic N) is 1. The van der Waals surface area contributed by atoms with Crippen molar-refractivity contribution in [3.8, 4) is 0 Å². The van der Waals surface area contributed by atoms with Gasteiger partial charge in [0.25, 0.3) is 0 Å². The van der Waals surface area contributed by atoms with Crippen LogP contribution < -0.4 is 10.2 Å². The molecule has 0 radical (unpaired) electrons. The van der Waals surface area contributed by atoms with Crippen molar-refractivity contribution in [3.63, 3.8) is 0 Å². The van der Waals surface area contributed by atoms with Gasteiger partial charge in [-0.1, -0.05) is 55.5 Å². The molecule has 1 heterocycles. The first-order valence-electron chi connectivity index (χ1n) is 8.33. The number of para-hydroxylation sites is 1. The maximum atomic E-state index is 12.4. The van der Waals surface area contributed by atoms with Gasteiger partial charge in [0.05, 0.1) is 5.92 Å². The second kappa shape index (κ2) is 7.30. The SMILES string of the molecule is C[C@@H](CNC(=O)[C@H]1CC(=O)N(c2ccccc2)C1)c1ccccc1. The van der Waals surface area contributed by atoms with Crippen LogP contribution in [-0.2, 0) is 9.59 Å². The fourth-order valence-electron chi connectivity index (χ4n) is 3.04. The van der Waals surface area contributed by atoms with Crippen LogP contribution >= 0.6 is 0 Å². The van der Waals surface area contributed by atoms with Crippen molar-refractivity contribution < 1.29 is 9.59 Å². The molecule has 1 aliphatic rings. The monoisotopic (exact) mass is 322 g/mol. The Morgan fingerprint density at radius 1 is 1.12 bits per heavy atom. The zero-order valence-corrected chi connectivity index (χ0v) is 13.8. The highest BCUT2D eigenvalue weighted by Gasteiger charge is 2.34. The highest BCUT2D eigenvalue weighted by Crippen LogP contribution is 2.25. The second-order valence-electron chi connectivity index (χ2n) is 6.30. The van der Waals surface area contributed by atoms with Gasteiger partial charge in [-0.3, -0.25) is 9.59 Å². The van der Waals surface area contributed by atoms with Crippen LogP contribution in [-0.4, -0.2) is 24.9 Å². The highest BCUT2D eigenvalue weighted by atomic mass is 16.2. The van der Waals surface area contributed by atoms with Crippen LogP contribution in [0.15, 0.2) is 60.7 Å². The molecule has 0 saturated carbocycles. The number of hydrogen-bond acceptors (Lipinski definition) is 2. The summed E-state index contributed by atoms with van der Waals surface area (Å²) < 4.78 is 0. The van der Waals surface area contributed by atoms with Gasteiger partial charge in [0, 0.05) is 25.2 Å². The van der Waals surface area contributed by atoms with Crippen molar-refractivity contribution in [1.82, 2.24) is 5.32 Å². The van der Waals surface area contributed by atoms with Gasteiger partial charge in [0.1, 0.15) is 0 Å². The summed E-state index contributed by atoms with van der Waals surface area (Å²) in [6.07, 6.45) is 0.278. The minimum Gasteiger partial charge on any atom is -0.355 e. The summed E-state index contributed by atoms with van der Waals surface area (Å²) in [5, 5.41) is 3.00. The Morgan fingerprint density at radius 2 is 1.75 bits per heavy atom. The number of hydrogen-bond donors (Lipinski definition) is 1. The third-order valence-electron chi connectivity index (χ3n) is 4.51. The number of rotatable bonds is 5. The number of amides is 2. The number of nitrogens with one attached hydrogen (secondary N) is 1. The van der Waals surface area contributed by atoms with Crippen LogP contribution in [0.5, 0.6) is 0 Å². The zero-order chi connectivity index (χ0) is 16.9. The molecule has 124 valence electrons. The highest BCUT2D eigenvalue weighted by molar-refractivity contribution is 6.00. The van der Waals surface area contributed by atoms with Crippen molar-refractivity contribution in [2.45, 2.75) is 19.3 Å². The standard InChI is InChI=1S/C20H22N2O2/c1-15(16-8-4-2-5-9-16)13-21-20(24)17-12-19(23)22(14-17)18-10-6-3-7-11-18/h2-11,15,17H,12-14H2,1H3,(H,21,24)/t15-,17-/m0/s1. The molecular weight excluding hydrogens is 300 g/mol. The Bertz CT molecular complexity index is 700. The summed E-state index contributed by atoms with van der Waals surface area (Å²) in [6, 6.07) is 19.6. The maximum Gasteiger partial charge on any atom is 0.227 e.